The molecule has 1 saturated carbocycles. The lowest BCUT2D eigenvalue weighted by Crippen LogP contribution is -2.45. The van der Waals surface area contributed by atoms with Gasteiger partial charge in [-0.05, 0) is 42.9 Å². The number of urea groups is 1. The Morgan fingerprint density at radius 3 is 2.48 bits per heavy atom. The summed E-state index contributed by atoms with van der Waals surface area (Å²) in [6.07, 6.45) is 2.95. The third kappa shape index (κ3) is 4.00. The quantitative estimate of drug-likeness (QED) is 0.890. The van der Waals surface area contributed by atoms with Crippen LogP contribution in [0.4, 0.5) is 9.18 Å². The molecule has 1 aromatic carbocycles. The third-order valence-corrected chi connectivity index (χ3v) is 4.79. The van der Waals surface area contributed by atoms with Crippen molar-refractivity contribution in [3.05, 3.63) is 35.6 Å². The van der Waals surface area contributed by atoms with Crippen LogP contribution < -0.4 is 11.1 Å². The summed E-state index contributed by atoms with van der Waals surface area (Å²) in [6.45, 7) is 1.33. The van der Waals surface area contributed by atoms with Crippen LogP contribution in [0.2, 0.25) is 0 Å². The maximum absolute atomic E-state index is 12.9. The van der Waals surface area contributed by atoms with E-state index in [2.05, 4.69) is 5.32 Å². The molecule has 3 N–H and O–H groups in total. The normalized spacial score (nSPS) is 24.3. The SMILES string of the molecule is NC(=O)CC1CCN(C(=O)N[C@@H]2C[C@H]2c2ccc(F)cc2)CC1. The van der Waals surface area contributed by atoms with E-state index in [1.165, 1.54) is 12.1 Å². The molecule has 5 nitrogen and oxygen atoms in total. The zero-order valence-corrected chi connectivity index (χ0v) is 13.0. The fourth-order valence-corrected chi connectivity index (χ4v) is 3.31. The fourth-order valence-electron chi connectivity index (χ4n) is 3.31. The highest BCUT2D eigenvalue weighted by Crippen LogP contribution is 2.40. The molecule has 3 amide bonds. The lowest BCUT2D eigenvalue weighted by molar-refractivity contribution is -0.119. The van der Waals surface area contributed by atoms with Gasteiger partial charge in [0.25, 0.3) is 0 Å². The molecule has 2 aliphatic rings. The number of hydrogen-bond donors (Lipinski definition) is 2. The number of nitrogens with one attached hydrogen (secondary N) is 1. The van der Waals surface area contributed by atoms with Gasteiger partial charge in [-0.1, -0.05) is 12.1 Å². The highest BCUT2D eigenvalue weighted by Gasteiger charge is 2.40. The Labute approximate surface area is 135 Å². The predicted molar refractivity (Wildman–Crippen MR) is 84.2 cm³/mol. The van der Waals surface area contributed by atoms with Gasteiger partial charge in [-0.15, -0.1) is 0 Å². The Bertz CT molecular complexity index is 582. The average molecular weight is 319 g/mol. The minimum atomic E-state index is -0.270. The number of piperidine rings is 1. The first-order valence-corrected chi connectivity index (χ1v) is 8.12. The molecule has 2 atom stereocenters. The summed E-state index contributed by atoms with van der Waals surface area (Å²) < 4.78 is 12.9. The van der Waals surface area contributed by atoms with Crippen molar-refractivity contribution in [3.63, 3.8) is 0 Å². The van der Waals surface area contributed by atoms with Gasteiger partial charge in [-0.3, -0.25) is 4.79 Å². The van der Waals surface area contributed by atoms with Crippen molar-refractivity contribution in [1.82, 2.24) is 10.2 Å². The number of benzene rings is 1. The van der Waals surface area contributed by atoms with E-state index >= 15 is 0 Å². The number of halogens is 1. The average Bonchev–Trinajstić information content (AvgIpc) is 3.27. The molecular formula is C17H22FN3O2. The van der Waals surface area contributed by atoms with Crippen molar-refractivity contribution in [3.8, 4) is 0 Å². The standard InChI is InChI=1S/C17H22FN3O2/c18-13-3-1-12(2-4-13)14-10-15(14)20-17(23)21-7-5-11(6-8-21)9-16(19)22/h1-4,11,14-15H,5-10H2,(H2,19,22)(H,20,23)/t14-,15+/m0/s1. The van der Waals surface area contributed by atoms with Crippen molar-refractivity contribution < 1.29 is 14.0 Å². The van der Waals surface area contributed by atoms with Crippen LogP contribution in [0.5, 0.6) is 0 Å². The van der Waals surface area contributed by atoms with Crippen LogP contribution in [0.3, 0.4) is 0 Å². The number of hydrogen-bond acceptors (Lipinski definition) is 2. The highest BCUT2D eigenvalue weighted by atomic mass is 19.1. The minimum Gasteiger partial charge on any atom is -0.370 e. The van der Waals surface area contributed by atoms with Crippen molar-refractivity contribution >= 4 is 11.9 Å². The van der Waals surface area contributed by atoms with Gasteiger partial charge in [0.2, 0.25) is 5.91 Å². The largest absolute Gasteiger partial charge is 0.370 e. The molecule has 1 aromatic rings. The van der Waals surface area contributed by atoms with E-state index in [1.54, 1.807) is 17.0 Å². The number of primary amides is 1. The van der Waals surface area contributed by atoms with Crippen molar-refractivity contribution in [2.75, 3.05) is 13.1 Å². The van der Waals surface area contributed by atoms with Gasteiger partial charge in [0.05, 0.1) is 0 Å². The summed E-state index contributed by atoms with van der Waals surface area (Å²) in [6, 6.07) is 6.56. The number of nitrogens with two attached hydrogens (primary N) is 1. The van der Waals surface area contributed by atoms with Gasteiger partial charge in [-0.2, -0.15) is 0 Å². The number of amides is 3. The van der Waals surface area contributed by atoms with Crippen LogP contribution in [-0.2, 0) is 4.79 Å². The van der Waals surface area contributed by atoms with Crippen LogP contribution in [-0.4, -0.2) is 36.0 Å². The minimum absolute atomic E-state index is 0.0443. The number of likely N-dealkylation sites (tertiary alicyclic amines) is 1. The molecule has 1 aliphatic heterocycles. The molecule has 0 unspecified atom stereocenters. The molecule has 0 radical (unpaired) electrons. The smallest absolute Gasteiger partial charge is 0.317 e. The summed E-state index contributed by atoms with van der Waals surface area (Å²) in [7, 11) is 0. The van der Waals surface area contributed by atoms with E-state index in [4.69, 9.17) is 5.73 Å². The Balaban J connectivity index is 1.44. The maximum atomic E-state index is 12.9. The van der Waals surface area contributed by atoms with Gasteiger partial charge in [-0.25, -0.2) is 9.18 Å². The van der Waals surface area contributed by atoms with Gasteiger partial charge >= 0.3 is 6.03 Å². The zero-order valence-electron chi connectivity index (χ0n) is 13.0. The lowest BCUT2D eigenvalue weighted by Gasteiger charge is -2.31. The van der Waals surface area contributed by atoms with E-state index in [1.807, 2.05) is 0 Å². The first kappa shape index (κ1) is 15.8. The maximum Gasteiger partial charge on any atom is 0.317 e. The van der Waals surface area contributed by atoms with Crippen LogP contribution in [0.15, 0.2) is 24.3 Å². The molecule has 3 rings (SSSR count). The molecule has 1 saturated heterocycles. The molecule has 0 aromatic heterocycles. The Kier molecular flexibility index (Phi) is 4.50. The number of carbonyl (C=O) groups excluding carboxylic acids is 2. The molecule has 1 heterocycles. The molecule has 1 aliphatic carbocycles. The summed E-state index contributed by atoms with van der Waals surface area (Å²) >= 11 is 0. The summed E-state index contributed by atoms with van der Waals surface area (Å²) in [5.41, 5.74) is 6.28. The van der Waals surface area contributed by atoms with E-state index in [0.29, 0.717) is 25.4 Å². The Morgan fingerprint density at radius 2 is 1.87 bits per heavy atom. The fraction of sp³-hybridized carbons (Fsp3) is 0.529. The molecular weight excluding hydrogens is 297 g/mol. The second-order valence-electron chi connectivity index (χ2n) is 6.55. The third-order valence-electron chi connectivity index (χ3n) is 4.79. The van der Waals surface area contributed by atoms with Crippen molar-refractivity contribution in [2.24, 2.45) is 11.7 Å². The molecule has 23 heavy (non-hydrogen) atoms. The first-order valence-electron chi connectivity index (χ1n) is 8.12. The molecule has 6 heteroatoms. The van der Waals surface area contributed by atoms with Crippen LogP contribution in [0, 0.1) is 11.7 Å². The van der Waals surface area contributed by atoms with Crippen LogP contribution in [0.25, 0.3) is 0 Å². The van der Waals surface area contributed by atoms with Gasteiger partial charge in [0.15, 0.2) is 0 Å². The first-order chi connectivity index (χ1) is 11.0. The van der Waals surface area contributed by atoms with E-state index in [0.717, 1.165) is 24.8 Å². The Hall–Kier alpha value is -2.11. The van der Waals surface area contributed by atoms with Crippen molar-refractivity contribution in [2.45, 2.75) is 37.6 Å². The highest BCUT2D eigenvalue weighted by molar-refractivity contribution is 5.76. The summed E-state index contributed by atoms with van der Waals surface area (Å²) in [5.74, 6) is 0.0678. The Morgan fingerprint density at radius 1 is 1.22 bits per heavy atom. The topological polar surface area (TPSA) is 75.4 Å². The number of nitrogens with zero attached hydrogens (tertiary/aromatic N) is 1. The van der Waals surface area contributed by atoms with Gasteiger partial charge < -0.3 is 16.0 Å². The summed E-state index contributed by atoms with van der Waals surface area (Å²) in [5, 5.41) is 3.04. The number of rotatable bonds is 4. The monoisotopic (exact) mass is 319 g/mol. The zero-order chi connectivity index (χ0) is 16.4. The molecule has 2 fully saturated rings. The van der Waals surface area contributed by atoms with E-state index in [9.17, 15) is 14.0 Å². The molecule has 0 bridgehead atoms. The van der Waals surface area contributed by atoms with Crippen LogP contribution >= 0.6 is 0 Å². The molecule has 124 valence electrons. The lowest BCUT2D eigenvalue weighted by atomic mass is 9.93. The van der Waals surface area contributed by atoms with Crippen molar-refractivity contribution in [1.29, 1.82) is 0 Å². The molecule has 0 spiro atoms. The second-order valence-corrected chi connectivity index (χ2v) is 6.55. The predicted octanol–water partition coefficient (Wildman–Crippen LogP) is 1.98. The van der Waals surface area contributed by atoms with E-state index < -0.39 is 0 Å². The van der Waals surface area contributed by atoms with Gasteiger partial charge in [0.1, 0.15) is 5.82 Å². The van der Waals surface area contributed by atoms with Gasteiger partial charge in [0, 0.05) is 31.5 Å². The van der Waals surface area contributed by atoms with E-state index in [-0.39, 0.29) is 29.7 Å². The summed E-state index contributed by atoms with van der Waals surface area (Å²) in [4.78, 5) is 25.0. The number of carbonyl (C=O) groups is 2. The van der Waals surface area contributed by atoms with Crippen LogP contribution in [0.1, 0.15) is 37.2 Å². The second kappa shape index (κ2) is 6.56.